The SMILES string of the molecule is Fc1ccc(CN2CCc3nc(C4=NCCCC4)ncc3C2)c(Cl)c1. The Morgan fingerprint density at radius 2 is 2.12 bits per heavy atom. The number of fused-ring (bicyclic) bond motifs is 1. The molecule has 1 aromatic carbocycles. The van der Waals surface area contributed by atoms with Crippen molar-refractivity contribution in [3.05, 3.63) is 57.9 Å². The number of halogens is 2. The Labute approximate surface area is 151 Å². The molecule has 0 fully saturated rings. The van der Waals surface area contributed by atoms with Crippen LogP contribution >= 0.6 is 11.6 Å². The molecule has 2 aromatic rings. The molecule has 0 saturated carbocycles. The molecule has 4 rings (SSSR count). The largest absolute Gasteiger partial charge is 0.294 e. The molecule has 2 aliphatic heterocycles. The molecular weight excluding hydrogens is 339 g/mol. The lowest BCUT2D eigenvalue weighted by molar-refractivity contribution is 0.242. The molecule has 0 unspecified atom stereocenters. The van der Waals surface area contributed by atoms with E-state index in [0.717, 1.165) is 67.3 Å². The molecule has 3 heterocycles. The van der Waals surface area contributed by atoms with E-state index < -0.39 is 0 Å². The van der Waals surface area contributed by atoms with E-state index in [-0.39, 0.29) is 5.82 Å². The van der Waals surface area contributed by atoms with Crippen LogP contribution in [0.3, 0.4) is 0 Å². The number of benzene rings is 1. The average molecular weight is 359 g/mol. The van der Waals surface area contributed by atoms with Gasteiger partial charge in [-0.25, -0.2) is 14.4 Å². The Balaban J connectivity index is 1.49. The highest BCUT2D eigenvalue weighted by Gasteiger charge is 2.21. The fourth-order valence-corrected chi connectivity index (χ4v) is 3.65. The maximum Gasteiger partial charge on any atom is 0.173 e. The molecule has 0 bridgehead atoms. The van der Waals surface area contributed by atoms with Crippen molar-refractivity contribution in [3.63, 3.8) is 0 Å². The summed E-state index contributed by atoms with van der Waals surface area (Å²) in [4.78, 5) is 16.2. The second-order valence-electron chi connectivity index (χ2n) is 6.65. The van der Waals surface area contributed by atoms with Gasteiger partial charge in [0.15, 0.2) is 5.82 Å². The van der Waals surface area contributed by atoms with Gasteiger partial charge >= 0.3 is 0 Å². The first-order valence-electron chi connectivity index (χ1n) is 8.74. The lowest BCUT2D eigenvalue weighted by Crippen LogP contribution is -2.31. The van der Waals surface area contributed by atoms with Crippen molar-refractivity contribution >= 4 is 17.3 Å². The highest BCUT2D eigenvalue weighted by atomic mass is 35.5. The summed E-state index contributed by atoms with van der Waals surface area (Å²) in [5.41, 5.74) is 4.28. The molecular formula is C19H20ClFN4. The second kappa shape index (κ2) is 7.18. The van der Waals surface area contributed by atoms with E-state index in [1.54, 1.807) is 6.07 Å². The van der Waals surface area contributed by atoms with Crippen molar-refractivity contribution in [2.45, 2.75) is 38.8 Å². The van der Waals surface area contributed by atoms with Crippen molar-refractivity contribution in [3.8, 4) is 0 Å². The molecule has 6 heteroatoms. The first-order chi connectivity index (χ1) is 12.2. The number of nitrogens with zero attached hydrogens (tertiary/aromatic N) is 4. The third-order valence-corrected chi connectivity index (χ3v) is 5.16. The van der Waals surface area contributed by atoms with Crippen LogP contribution in [0.1, 0.15) is 41.9 Å². The summed E-state index contributed by atoms with van der Waals surface area (Å²) in [6.07, 6.45) is 6.14. The molecule has 2 aliphatic rings. The van der Waals surface area contributed by atoms with E-state index in [0.29, 0.717) is 11.6 Å². The lowest BCUT2D eigenvalue weighted by atomic mass is 10.0. The smallest absolute Gasteiger partial charge is 0.173 e. The van der Waals surface area contributed by atoms with Gasteiger partial charge in [-0.1, -0.05) is 17.7 Å². The van der Waals surface area contributed by atoms with Gasteiger partial charge in [-0.05, 0) is 37.0 Å². The third kappa shape index (κ3) is 3.72. The van der Waals surface area contributed by atoms with Gasteiger partial charge in [0.2, 0.25) is 0 Å². The third-order valence-electron chi connectivity index (χ3n) is 4.80. The van der Waals surface area contributed by atoms with Gasteiger partial charge in [-0.15, -0.1) is 0 Å². The van der Waals surface area contributed by atoms with Gasteiger partial charge in [-0.3, -0.25) is 9.89 Å². The summed E-state index contributed by atoms with van der Waals surface area (Å²) < 4.78 is 13.2. The van der Waals surface area contributed by atoms with Gasteiger partial charge in [0.25, 0.3) is 0 Å². The molecule has 0 radical (unpaired) electrons. The minimum atomic E-state index is -0.302. The predicted molar refractivity (Wildman–Crippen MR) is 96.5 cm³/mol. The maximum absolute atomic E-state index is 13.2. The van der Waals surface area contributed by atoms with E-state index in [9.17, 15) is 4.39 Å². The van der Waals surface area contributed by atoms with Crippen LogP contribution in [0.15, 0.2) is 29.4 Å². The molecule has 0 N–H and O–H groups in total. The standard InChI is InChI=1S/C19H20ClFN4/c20-16-9-15(21)5-4-13(16)11-25-8-6-17-14(12-25)10-23-19(24-17)18-3-1-2-7-22-18/h4-5,9-10H,1-3,6-8,11-12H2. The van der Waals surface area contributed by atoms with E-state index in [1.165, 1.54) is 18.6 Å². The minimum absolute atomic E-state index is 0.302. The monoisotopic (exact) mass is 358 g/mol. The minimum Gasteiger partial charge on any atom is -0.294 e. The van der Waals surface area contributed by atoms with Crippen molar-refractivity contribution in [1.82, 2.24) is 14.9 Å². The maximum atomic E-state index is 13.2. The van der Waals surface area contributed by atoms with Crippen LogP contribution in [0.25, 0.3) is 0 Å². The Morgan fingerprint density at radius 3 is 2.92 bits per heavy atom. The fourth-order valence-electron chi connectivity index (χ4n) is 3.42. The van der Waals surface area contributed by atoms with Crippen LogP contribution in [-0.2, 0) is 19.5 Å². The summed E-state index contributed by atoms with van der Waals surface area (Å²) >= 11 is 6.15. The topological polar surface area (TPSA) is 41.4 Å². The molecule has 25 heavy (non-hydrogen) atoms. The Hall–Kier alpha value is -1.85. The molecule has 0 spiro atoms. The normalized spacial score (nSPS) is 17.9. The Bertz CT molecular complexity index is 821. The zero-order chi connectivity index (χ0) is 17.2. The van der Waals surface area contributed by atoms with Crippen molar-refractivity contribution in [2.24, 2.45) is 4.99 Å². The summed E-state index contributed by atoms with van der Waals surface area (Å²) in [5, 5.41) is 0.479. The van der Waals surface area contributed by atoms with Crippen LogP contribution in [0, 0.1) is 5.82 Å². The zero-order valence-corrected chi connectivity index (χ0v) is 14.8. The molecule has 1 aromatic heterocycles. The molecule has 0 amide bonds. The highest BCUT2D eigenvalue weighted by molar-refractivity contribution is 6.31. The Morgan fingerprint density at radius 1 is 1.20 bits per heavy atom. The first kappa shape index (κ1) is 16.6. The lowest BCUT2D eigenvalue weighted by Gasteiger charge is -2.28. The highest BCUT2D eigenvalue weighted by Crippen LogP contribution is 2.23. The number of aromatic nitrogens is 2. The van der Waals surface area contributed by atoms with Gasteiger partial charge in [0, 0.05) is 49.4 Å². The number of rotatable bonds is 3. The Kier molecular flexibility index (Phi) is 4.77. The van der Waals surface area contributed by atoms with E-state index in [2.05, 4.69) is 14.9 Å². The summed E-state index contributed by atoms with van der Waals surface area (Å²) in [5.74, 6) is 0.498. The van der Waals surface area contributed by atoms with Crippen molar-refractivity contribution in [1.29, 1.82) is 0 Å². The van der Waals surface area contributed by atoms with E-state index >= 15 is 0 Å². The first-order valence-corrected chi connectivity index (χ1v) is 9.11. The number of aliphatic imine (C=N–C) groups is 1. The molecule has 0 atom stereocenters. The van der Waals surface area contributed by atoms with E-state index in [1.807, 2.05) is 6.20 Å². The molecule has 0 saturated heterocycles. The number of hydrogen-bond donors (Lipinski definition) is 0. The zero-order valence-electron chi connectivity index (χ0n) is 14.0. The predicted octanol–water partition coefficient (Wildman–Crippen LogP) is 3.80. The van der Waals surface area contributed by atoms with Gasteiger partial charge in [-0.2, -0.15) is 0 Å². The van der Waals surface area contributed by atoms with Gasteiger partial charge in [0.05, 0.1) is 11.4 Å². The van der Waals surface area contributed by atoms with Crippen LogP contribution < -0.4 is 0 Å². The van der Waals surface area contributed by atoms with Crippen LogP contribution in [0.5, 0.6) is 0 Å². The van der Waals surface area contributed by atoms with Crippen LogP contribution in [0.2, 0.25) is 5.02 Å². The van der Waals surface area contributed by atoms with Crippen LogP contribution in [0.4, 0.5) is 4.39 Å². The summed E-state index contributed by atoms with van der Waals surface area (Å²) in [6, 6.07) is 4.59. The average Bonchev–Trinajstić information content (AvgIpc) is 2.64. The second-order valence-corrected chi connectivity index (χ2v) is 7.05. The van der Waals surface area contributed by atoms with E-state index in [4.69, 9.17) is 16.6 Å². The van der Waals surface area contributed by atoms with Crippen molar-refractivity contribution in [2.75, 3.05) is 13.1 Å². The summed E-state index contributed by atoms with van der Waals surface area (Å²) in [7, 11) is 0. The van der Waals surface area contributed by atoms with Crippen LogP contribution in [-0.4, -0.2) is 33.7 Å². The number of hydrogen-bond acceptors (Lipinski definition) is 4. The molecule has 130 valence electrons. The van der Waals surface area contributed by atoms with Gasteiger partial charge < -0.3 is 0 Å². The molecule has 4 nitrogen and oxygen atoms in total. The molecule has 0 aliphatic carbocycles. The van der Waals surface area contributed by atoms with Crippen molar-refractivity contribution < 1.29 is 4.39 Å². The quantitative estimate of drug-likeness (QED) is 0.838. The summed E-state index contributed by atoms with van der Waals surface area (Å²) in [6.45, 7) is 3.29. The van der Waals surface area contributed by atoms with Gasteiger partial charge in [0.1, 0.15) is 5.82 Å². The fraction of sp³-hybridized carbons (Fsp3) is 0.421.